The van der Waals surface area contributed by atoms with Gasteiger partial charge in [0.05, 0.1) is 0 Å². The maximum Gasteiger partial charge on any atom is 0.0462 e. The van der Waals surface area contributed by atoms with Gasteiger partial charge < -0.3 is 9.80 Å². The zero-order valence-corrected chi connectivity index (χ0v) is 34.2. The van der Waals surface area contributed by atoms with Crippen LogP contribution in [0.25, 0.3) is 33.4 Å². The van der Waals surface area contributed by atoms with E-state index in [0.29, 0.717) is 0 Å². The molecule has 0 radical (unpaired) electrons. The van der Waals surface area contributed by atoms with Crippen LogP contribution in [0, 0.1) is 20.8 Å². The molecule has 0 amide bonds. The summed E-state index contributed by atoms with van der Waals surface area (Å²) in [7, 11) is 0. The number of para-hydroxylation sites is 3. The molecular formula is C57H50N2. The lowest BCUT2D eigenvalue weighted by atomic mass is 9.87. The van der Waals surface area contributed by atoms with E-state index in [4.69, 9.17) is 0 Å². The van der Waals surface area contributed by atoms with Crippen LogP contribution in [-0.2, 0) is 0 Å². The normalized spacial score (nSPS) is 11.9. The first-order chi connectivity index (χ1) is 29.0. The van der Waals surface area contributed by atoms with Gasteiger partial charge in [0, 0.05) is 34.1 Å². The smallest absolute Gasteiger partial charge is 0.0462 e. The highest BCUT2D eigenvalue weighted by atomic mass is 15.2. The van der Waals surface area contributed by atoms with Gasteiger partial charge in [0.2, 0.25) is 0 Å². The maximum absolute atomic E-state index is 2.39. The number of nitrogens with zero attached hydrogens (tertiary/aromatic N) is 2. The van der Waals surface area contributed by atoms with Crippen LogP contribution in [0.3, 0.4) is 0 Å². The molecule has 0 atom stereocenters. The van der Waals surface area contributed by atoms with Crippen molar-refractivity contribution in [3.63, 3.8) is 0 Å². The average molecular weight is 763 g/mol. The van der Waals surface area contributed by atoms with Crippen LogP contribution in [0.5, 0.6) is 0 Å². The molecule has 0 aromatic heterocycles. The molecule has 0 bridgehead atoms. The van der Waals surface area contributed by atoms with E-state index in [-0.39, 0.29) is 0 Å². The summed E-state index contributed by atoms with van der Waals surface area (Å²) in [4.78, 5) is 4.70. The van der Waals surface area contributed by atoms with E-state index < -0.39 is 0 Å². The highest BCUT2D eigenvalue weighted by molar-refractivity contribution is 5.87. The van der Waals surface area contributed by atoms with Crippen LogP contribution in [0.2, 0.25) is 0 Å². The van der Waals surface area contributed by atoms with Crippen LogP contribution in [0.15, 0.2) is 230 Å². The molecule has 1 aliphatic carbocycles. The summed E-state index contributed by atoms with van der Waals surface area (Å²) >= 11 is 0. The zero-order valence-electron chi connectivity index (χ0n) is 34.2. The minimum atomic E-state index is 1.02. The van der Waals surface area contributed by atoms with Gasteiger partial charge in [-0.1, -0.05) is 151 Å². The van der Waals surface area contributed by atoms with Gasteiger partial charge in [0.25, 0.3) is 0 Å². The number of hydrogen-bond donors (Lipinski definition) is 0. The Morgan fingerprint density at radius 2 is 0.831 bits per heavy atom. The van der Waals surface area contributed by atoms with Crippen LogP contribution in [-0.4, -0.2) is 0 Å². The van der Waals surface area contributed by atoms with Crippen LogP contribution >= 0.6 is 0 Å². The van der Waals surface area contributed by atoms with Gasteiger partial charge in [-0.05, 0) is 157 Å². The van der Waals surface area contributed by atoms with Gasteiger partial charge in [-0.2, -0.15) is 0 Å². The average Bonchev–Trinajstić information content (AvgIpc) is 3.29. The van der Waals surface area contributed by atoms with E-state index in [1.165, 1.54) is 67.1 Å². The number of benzene rings is 8. The topological polar surface area (TPSA) is 6.48 Å². The Kier molecular flexibility index (Phi) is 12.1. The van der Waals surface area contributed by atoms with E-state index in [0.717, 1.165) is 29.9 Å². The summed E-state index contributed by atoms with van der Waals surface area (Å²) in [6.45, 7) is 6.56. The molecule has 59 heavy (non-hydrogen) atoms. The monoisotopic (exact) mass is 762 g/mol. The quantitative estimate of drug-likeness (QED) is 0.144. The third kappa shape index (κ3) is 9.04. The van der Waals surface area contributed by atoms with Crippen LogP contribution < -0.4 is 9.80 Å². The van der Waals surface area contributed by atoms with Crippen molar-refractivity contribution in [1.82, 2.24) is 0 Å². The van der Waals surface area contributed by atoms with Crippen molar-refractivity contribution in [3.8, 4) is 33.4 Å². The molecule has 0 saturated carbocycles. The molecule has 2 nitrogen and oxygen atoms in total. The van der Waals surface area contributed by atoms with E-state index >= 15 is 0 Å². The maximum atomic E-state index is 2.39. The summed E-state index contributed by atoms with van der Waals surface area (Å²) in [6, 6.07) is 73.7. The van der Waals surface area contributed by atoms with Crippen molar-refractivity contribution in [2.24, 2.45) is 0 Å². The van der Waals surface area contributed by atoms with Crippen molar-refractivity contribution >= 4 is 28.4 Å². The Hall–Kier alpha value is -7.16. The summed E-state index contributed by atoms with van der Waals surface area (Å²) in [5.74, 6) is 0. The summed E-state index contributed by atoms with van der Waals surface area (Å²) in [5, 5.41) is 0. The Morgan fingerprint density at radius 1 is 0.373 bits per heavy atom. The fourth-order valence-electron chi connectivity index (χ4n) is 7.90. The summed E-state index contributed by atoms with van der Waals surface area (Å²) in [6.07, 6.45) is 8.74. The first-order valence-electron chi connectivity index (χ1n) is 20.6. The number of aryl methyl sites for hydroxylation is 2. The predicted octanol–water partition coefficient (Wildman–Crippen LogP) is 16.1. The van der Waals surface area contributed by atoms with Gasteiger partial charge in [0.1, 0.15) is 0 Å². The summed E-state index contributed by atoms with van der Waals surface area (Å²) in [5.41, 5.74) is 18.3. The van der Waals surface area contributed by atoms with Gasteiger partial charge in [-0.15, -0.1) is 0 Å². The molecule has 0 saturated heterocycles. The lowest BCUT2D eigenvalue weighted by molar-refractivity contribution is 0.918. The molecule has 9 rings (SSSR count). The van der Waals surface area contributed by atoms with Gasteiger partial charge in [-0.3, -0.25) is 0 Å². The number of allylic oxidation sites excluding steroid dienone is 4. The largest absolute Gasteiger partial charge is 0.314 e. The van der Waals surface area contributed by atoms with Crippen molar-refractivity contribution in [2.75, 3.05) is 9.80 Å². The number of hydrogen-bond acceptors (Lipinski definition) is 2. The summed E-state index contributed by atoms with van der Waals surface area (Å²) < 4.78 is 0. The molecule has 8 aromatic carbocycles. The van der Waals surface area contributed by atoms with Gasteiger partial charge in [-0.25, -0.2) is 0 Å². The third-order valence-electron chi connectivity index (χ3n) is 11.0. The Balaban J connectivity index is 0.000000628. The second-order valence-corrected chi connectivity index (χ2v) is 15.1. The van der Waals surface area contributed by atoms with Crippen LogP contribution in [0.4, 0.5) is 28.4 Å². The Morgan fingerprint density at radius 3 is 1.34 bits per heavy atom. The first-order valence-corrected chi connectivity index (χ1v) is 20.6. The third-order valence-corrected chi connectivity index (χ3v) is 11.0. The molecule has 1 aliphatic rings. The lowest BCUT2D eigenvalue weighted by Gasteiger charge is -2.29. The molecule has 0 spiro atoms. The zero-order chi connectivity index (χ0) is 40.4. The SMILES string of the molecule is Cc1ccccc1.Cc1ccccc1-c1cc(-c2ccc(N(c3ccccc3)c3ccccc3)cc2)cc(-c2ccc(N(C3=CC=CCC3)c3ccccc3)cc2)c1C. The fourth-order valence-corrected chi connectivity index (χ4v) is 7.90. The highest BCUT2D eigenvalue weighted by Gasteiger charge is 2.18. The molecule has 0 unspecified atom stereocenters. The van der Waals surface area contributed by atoms with E-state index in [9.17, 15) is 0 Å². The van der Waals surface area contributed by atoms with Crippen LogP contribution in [0.1, 0.15) is 29.5 Å². The molecular weight excluding hydrogens is 713 g/mol. The molecule has 288 valence electrons. The molecule has 0 aliphatic heterocycles. The second kappa shape index (κ2) is 18.4. The number of anilines is 5. The number of rotatable bonds is 9. The fraction of sp³-hybridized carbons (Fsp3) is 0.0877. The van der Waals surface area contributed by atoms with E-state index in [1.54, 1.807) is 0 Å². The Labute approximate surface area is 350 Å². The molecule has 0 fully saturated rings. The van der Waals surface area contributed by atoms with E-state index in [1.807, 2.05) is 18.2 Å². The predicted molar refractivity (Wildman–Crippen MR) is 253 cm³/mol. The molecule has 8 aromatic rings. The molecule has 2 heteroatoms. The minimum absolute atomic E-state index is 1.02. The standard InChI is InChI=1S/C50H42N2.C7H8/c1-37-17-15-16-26-48(37)50-36-41(39-27-31-46(32-28-39)51(42-18-7-3-8-19-42)43-20-9-4-10-21-43)35-49(38(50)2)40-29-33-47(34-30-40)52(44-22-11-5-12-23-44)45-24-13-6-14-25-45;1-7-5-3-2-4-6-7/h3-13,15-24,26-36H,14,25H2,1-2H3;2-6H,1H3. The van der Waals surface area contributed by atoms with Crippen molar-refractivity contribution in [1.29, 1.82) is 0 Å². The first kappa shape index (κ1) is 38.7. The van der Waals surface area contributed by atoms with Crippen molar-refractivity contribution < 1.29 is 0 Å². The lowest BCUT2D eigenvalue weighted by Crippen LogP contribution is -2.17. The van der Waals surface area contributed by atoms with Crippen molar-refractivity contribution in [2.45, 2.75) is 33.6 Å². The minimum Gasteiger partial charge on any atom is -0.314 e. The second-order valence-electron chi connectivity index (χ2n) is 15.1. The molecule has 0 N–H and O–H groups in total. The Bertz CT molecular complexity index is 2600. The van der Waals surface area contributed by atoms with Gasteiger partial charge in [0.15, 0.2) is 0 Å². The van der Waals surface area contributed by atoms with Crippen molar-refractivity contribution in [3.05, 3.63) is 247 Å². The molecule has 0 heterocycles. The van der Waals surface area contributed by atoms with E-state index in [2.05, 4.69) is 237 Å². The highest BCUT2D eigenvalue weighted by Crippen LogP contribution is 2.41. The van der Waals surface area contributed by atoms with Gasteiger partial charge >= 0.3 is 0 Å².